The quantitative estimate of drug-likeness (QED) is 0.838. The third-order valence-corrected chi connectivity index (χ3v) is 5.05. The Morgan fingerprint density at radius 1 is 1.28 bits per heavy atom. The second kappa shape index (κ2) is 6.05. The summed E-state index contributed by atoms with van der Waals surface area (Å²) in [5.41, 5.74) is 5.94. The van der Waals surface area contributed by atoms with E-state index < -0.39 is 0 Å². The molecular formula is C15H28N2O. The lowest BCUT2D eigenvalue weighted by Crippen LogP contribution is -2.37. The van der Waals surface area contributed by atoms with E-state index in [2.05, 4.69) is 18.7 Å². The van der Waals surface area contributed by atoms with Crippen LogP contribution in [-0.2, 0) is 4.79 Å². The first-order valence-corrected chi connectivity index (χ1v) is 7.66. The first-order chi connectivity index (χ1) is 8.61. The predicted molar refractivity (Wildman–Crippen MR) is 74.1 cm³/mol. The Balaban J connectivity index is 1.82. The molecule has 1 saturated heterocycles. The van der Waals surface area contributed by atoms with E-state index >= 15 is 0 Å². The van der Waals surface area contributed by atoms with E-state index in [0.29, 0.717) is 17.7 Å². The molecule has 1 aliphatic heterocycles. The summed E-state index contributed by atoms with van der Waals surface area (Å²) in [5, 5.41) is 0. The first-order valence-electron chi connectivity index (χ1n) is 7.66. The highest BCUT2D eigenvalue weighted by Gasteiger charge is 2.33. The van der Waals surface area contributed by atoms with Crippen LogP contribution in [0, 0.1) is 17.8 Å². The number of carbonyl (C=O) groups excluding carboxylic acids is 1. The van der Waals surface area contributed by atoms with Crippen LogP contribution in [0.4, 0.5) is 0 Å². The van der Waals surface area contributed by atoms with E-state index in [9.17, 15) is 4.79 Å². The van der Waals surface area contributed by atoms with Crippen LogP contribution in [0.15, 0.2) is 0 Å². The molecule has 0 aromatic heterocycles. The Bertz CT molecular complexity index is 282. The van der Waals surface area contributed by atoms with E-state index in [0.717, 1.165) is 38.3 Å². The Labute approximate surface area is 111 Å². The van der Waals surface area contributed by atoms with Crippen LogP contribution in [-0.4, -0.2) is 29.9 Å². The second-order valence-corrected chi connectivity index (χ2v) is 6.32. The van der Waals surface area contributed by atoms with Crippen molar-refractivity contribution in [2.75, 3.05) is 13.1 Å². The standard InChI is InChI=1S/C15H28N2O/c1-3-12-4-6-13(7-5-12)15(18)17-9-8-14(10-17)11(2)16/h11-14H,3-10,16H2,1-2H3. The molecule has 2 atom stereocenters. The van der Waals surface area contributed by atoms with Gasteiger partial charge in [0.2, 0.25) is 5.91 Å². The predicted octanol–water partition coefficient (Wildman–Crippen LogP) is 2.40. The van der Waals surface area contributed by atoms with Gasteiger partial charge in [0.1, 0.15) is 0 Å². The first kappa shape index (κ1) is 13.9. The van der Waals surface area contributed by atoms with Crippen molar-refractivity contribution in [1.29, 1.82) is 0 Å². The number of nitrogens with zero attached hydrogens (tertiary/aromatic N) is 1. The maximum atomic E-state index is 12.4. The molecule has 1 heterocycles. The maximum absolute atomic E-state index is 12.4. The summed E-state index contributed by atoms with van der Waals surface area (Å²) >= 11 is 0. The highest BCUT2D eigenvalue weighted by atomic mass is 16.2. The third-order valence-electron chi connectivity index (χ3n) is 5.05. The molecule has 0 bridgehead atoms. The van der Waals surface area contributed by atoms with E-state index in [-0.39, 0.29) is 6.04 Å². The fourth-order valence-electron chi connectivity index (χ4n) is 3.49. The van der Waals surface area contributed by atoms with Gasteiger partial charge in [-0.15, -0.1) is 0 Å². The van der Waals surface area contributed by atoms with Crippen LogP contribution in [0.25, 0.3) is 0 Å². The minimum atomic E-state index is 0.221. The summed E-state index contributed by atoms with van der Waals surface area (Å²) in [5.74, 6) is 2.10. The van der Waals surface area contributed by atoms with Crippen molar-refractivity contribution in [2.24, 2.45) is 23.5 Å². The Kier molecular flexibility index (Phi) is 4.66. The van der Waals surface area contributed by atoms with Gasteiger partial charge in [0.05, 0.1) is 0 Å². The average Bonchev–Trinajstić information content (AvgIpc) is 2.88. The van der Waals surface area contributed by atoms with E-state index in [1.54, 1.807) is 0 Å². The van der Waals surface area contributed by atoms with Gasteiger partial charge in [-0.05, 0) is 50.9 Å². The van der Waals surface area contributed by atoms with Gasteiger partial charge in [0.15, 0.2) is 0 Å². The lowest BCUT2D eigenvalue weighted by atomic mass is 9.80. The molecule has 2 fully saturated rings. The highest BCUT2D eigenvalue weighted by Crippen LogP contribution is 2.32. The summed E-state index contributed by atoms with van der Waals surface area (Å²) in [7, 11) is 0. The molecular weight excluding hydrogens is 224 g/mol. The maximum Gasteiger partial charge on any atom is 0.225 e. The number of hydrogen-bond acceptors (Lipinski definition) is 2. The average molecular weight is 252 g/mol. The molecule has 0 aromatic carbocycles. The van der Waals surface area contributed by atoms with Gasteiger partial charge in [-0.2, -0.15) is 0 Å². The molecule has 3 heteroatoms. The van der Waals surface area contributed by atoms with Crippen molar-refractivity contribution < 1.29 is 4.79 Å². The van der Waals surface area contributed by atoms with Crippen molar-refractivity contribution in [3.63, 3.8) is 0 Å². The molecule has 1 amide bonds. The van der Waals surface area contributed by atoms with Crippen LogP contribution in [0.5, 0.6) is 0 Å². The minimum Gasteiger partial charge on any atom is -0.342 e. The smallest absolute Gasteiger partial charge is 0.225 e. The van der Waals surface area contributed by atoms with Crippen molar-refractivity contribution in [1.82, 2.24) is 4.90 Å². The lowest BCUT2D eigenvalue weighted by Gasteiger charge is -2.30. The van der Waals surface area contributed by atoms with Crippen molar-refractivity contribution in [3.05, 3.63) is 0 Å². The Hall–Kier alpha value is -0.570. The molecule has 2 N–H and O–H groups in total. The summed E-state index contributed by atoms with van der Waals surface area (Å²) in [6.45, 7) is 6.15. The number of amides is 1. The highest BCUT2D eigenvalue weighted by molar-refractivity contribution is 5.79. The zero-order chi connectivity index (χ0) is 13.1. The molecule has 18 heavy (non-hydrogen) atoms. The van der Waals surface area contributed by atoms with E-state index in [1.807, 2.05) is 0 Å². The van der Waals surface area contributed by atoms with Gasteiger partial charge in [0, 0.05) is 25.0 Å². The number of rotatable bonds is 3. The largest absolute Gasteiger partial charge is 0.342 e. The van der Waals surface area contributed by atoms with Gasteiger partial charge in [-0.1, -0.05) is 13.3 Å². The van der Waals surface area contributed by atoms with Crippen LogP contribution >= 0.6 is 0 Å². The van der Waals surface area contributed by atoms with E-state index in [1.165, 1.54) is 19.3 Å². The molecule has 0 radical (unpaired) electrons. The summed E-state index contributed by atoms with van der Waals surface area (Å²) < 4.78 is 0. The van der Waals surface area contributed by atoms with Crippen LogP contribution in [0.2, 0.25) is 0 Å². The molecule has 2 unspecified atom stereocenters. The molecule has 2 rings (SSSR count). The number of hydrogen-bond donors (Lipinski definition) is 1. The summed E-state index contributed by atoms with van der Waals surface area (Å²) in [6.07, 6.45) is 7.08. The van der Waals surface area contributed by atoms with Crippen molar-refractivity contribution in [3.8, 4) is 0 Å². The van der Waals surface area contributed by atoms with Gasteiger partial charge < -0.3 is 10.6 Å². The molecule has 0 spiro atoms. The van der Waals surface area contributed by atoms with Gasteiger partial charge in [-0.25, -0.2) is 0 Å². The zero-order valence-electron chi connectivity index (χ0n) is 11.9. The van der Waals surface area contributed by atoms with E-state index in [4.69, 9.17) is 5.73 Å². The number of carbonyl (C=O) groups is 1. The van der Waals surface area contributed by atoms with Crippen LogP contribution in [0.3, 0.4) is 0 Å². The monoisotopic (exact) mass is 252 g/mol. The fourth-order valence-corrected chi connectivity index (χ4v) is 3.49. The second-order valence-electron chi connectivity index (χ2n) is 6.32. The van der Waals surface area contributed by atoms with Gasteiger partial charge >= 0.3 is 0 Å². The summed E-state index contributed by atoms with van der Waals surface area (Å²) in [4.78, 5) is 14.5. The molecule has 1 saturated carbocycles. The molecule has 3 nitrogen and oxygen atoms in total. The van der Waals surface area contributed by atoms with Crippen LogP contribution < -0.4 is 5.73 Å². The van der Waals surface area contributed by atoms with Gasteiger partial charge in [0.25, 0.3) is 0 Å². The normalized spacial score (nSPS) is 34.6. The fraction of sp³-hybridized carbons (Fsp3) is 0.933. The molecule has 0 aromatic rings. The zero-order valence-corrected chi connectivity index (χ0v) is 11.9. The SMILES string of the molecule is CCC1CCC(C(=O)N2CCC(C(C)N)C2)CC1. The van der Waals surface area contributed by atoms with Crippen LogP contribution in [0.1, 0.15) is 52.4 Å². The minimum absolute atomic E-state index is 0.221. The summed E-state index contributed by atoms with van der Waals surface area (Å²) in [6, 6.07) is 0.221. The Morgan fingerprint density at radius 2 is 1.94 bits per heavy atom. The lowest BCUT2D eigenvalue weighted by molar-refractivity contribution is -0.135. The number of likely N-dealkylation sites (tertiary alicyclic amines) is 1. The van der Waals surface area contributed by atoms with Gasteiger partial charge in [-0.3, -0.25) is 4.79 Å². The third kappa shape index (κ3) is 3.05. The molecule has 2 aliphatic rings. The van der Waals surface area contributed by atoms with Crippen molar-refractivity contribution >= 4 is 5.91 Å². The van der Waals surface area contributed by atoms with Crippen molar-refractivity contribution in [2.45, 2.75) is 58.4 Å². The Morgan fingerprint density at radius 3 is 2.44 bits per heavy atom. The number of nitrogens with two attached hydrogens (primary N) is 1. The molecule has 1 aliphatic carbocycles. The molecule has 104 valence electrons. The topological polar surface area (TPSA) is 46.3 Å².